The molecule has 1 aliphatic carbocycles. The van der Waals surface area contributed by atoms with Crippen molar-refractivity contribution in [3.05, 3.63) is 23.3 Å². The van der Waals surface area contributed by atoms with Gasteiger partial charge in [-0.2, -0.15) is 0 Å². The minimum absolute atomic E-state index is 0.0814. The van der Waals surface area contributed by atoms with Gasteiger partial charge in [0.1, 0.15) is 17.6 Å². The molecule has 3 rings (SSSR count). The minimum atomic E-state index is 0.0814. The minimum Gasteiger partial charge on any atom is -0.508 e. The summed E-state index contributed by atoms with van der Waals surface area (Å²) >= 11 is 0. The van der Waals surface area contributed by atoms with E-state index in [9.17, 15) is 5.11 Å². The van der Waals surface area contributed by atoms with Gasteiger partial charge in [0.2, 0.25) is 0 Å². The van der Waals surface area contributed by atoms with Crippen LogP contribution >= 0.6 is 0 Å². The Morgan fingerprint density at radius 1 is 1.25 bits per heavy atom. The van der Waals surface area contributed by atoms with Gasteiger partial charge in [0, 0.05) is 11.5 Å². The molecule has 1 saturated carbocycles. The van der Waals surface area contributed by atoms with Crippen LogP contribution in [0.1, 0.15) is 96.6 Å². The van der Waals surface area contributed by atoms with Gasteiger partial charge < -0.3 is 9.84 Å². The molecule has 1 N–H and O–H groups in total. The van der Waals surface area contributed by atoms with Crippen LogP contribution in [-0.2, 0) is 5.41 Å². The molecule has 24 heavy (non-hydrogen) atoms. The molecule has 2 nitrogen and oxygen atoms in total. The topological polar surface area (TPSA) is 29.5 Å². The summed E-state index contributed by atoms with van der Waals surface area (Å²) in [7, 11) is 0. The van der Waals surface area contributed by atoms with Crippen LogP contribution in [0.15, 0.2) is 12.1 Å². The first-order valence-electron chi connectivity index (χ1n) is 9.77. The second kappa shape index (κ2) is 6.28. The lowest BCUT2D eigenvalue weighted by molar-refractivity contribution is 0.0882. The van der Waals surface area contributed by atoms with Crippen molar-refractivity contribution in [2.24, 2.45) is 5.41 Å². The van der Waals surface area contributed by atoms with Crippen molar-refractivity contribution in [1.82, 2.24) is 0 Å². The number of fused-ring (bicyclic) bond motifs is 3. The average molecular weight is 331 g/mol. The summed E-state index contributed by atoms with van der Waals surface area (Å²) in [5.74, 6) is 1.78. The van der Waals surface area contributed by atoms with E-state index in [1.165, 1.54) is 31.2 Å². The fraction of sp³-hybridized carbons (Fsp3) is 0.727. The predicted octanol–water partition coefficient (Wildman–Crippen LogP) is 6.30. The SMILES string of the molecule is CCCCCC(C)(C)c1cc(O)c2c(c1)OC1CC(C)(C)CCC21. The van der Waals surface area contributed by atoms with E-state index in [1.807, 2.05) is 6.07 Å². The summed E-state index contributed by atoms with van der Waals surface area (Å²) in [6.07, 6.45) is 8.57. The number of rotatable bonds is 5. The Labute approximate surface area is 147 Å². The lowest BCUT2D eigenvalue weighted by Crippen LogP contribution is -2.32. The molecule has 134 valence electrons. The smallest absolute Gasteiger partial charge is 0.127 e. The first-order chi connectivity index (χ1) is 11.2. The number of phenols is 1. The van der Waals surface area contributed by atoms with E-state index >= 15 is 0 Å². The third kappa shape index (κ3) is 3.30. The maximum atomic E-state index is 10.7. The number of aromatic hydroxyl groups is 1. The van der Waals surface area contributed by atoms with Crippen LogP contribution in [0.4, 0.5) is 0 Å². The van der Waals surface area contributed by atoms with Crippen molar-refractivity contribution in [2.45, 2.75) is 97.0 Å². The van der Waals surface area contributed by atoms with E-state index in [2.05, 4.69) is 40.7 Å². The monoisotopic (exact) mass is 330 g/mol. The van der Waals surface area contributed by atoms with E-state index in [1.54, 1.807) is 0 Å². The Kier molecular flexibility index (Phi) is 4.61. The summed E-state index contributed by atoms with van der Waals surface area (Å²) in [6, 6.07) is 4.22. The Morgan fingerprint density at radius 2 is 2.00 bits per heavy atom. The molecule has 0 bridgehead atoms. The van der Waals surface area contributed by atoms with E-state index in [4.69, 9.17) is 4.74 Å². The molecule has 2 atom stereocenters. The Hall–Kier alpha value is -1.18. The summed E-state index contributed by atoms with van der Waals surface area (Å²) in [6.45, 7) is 11.5. The van der Waals surface area contributed by atoms with Crippen LogP contribution in [0.5, 0.6) is 11.5 Å². The fourth-order valence-corrected chi connectivity index (χ4v) is 4.57. The lowest BCUT2D eigenvalue weighted by Gasteiger charge is -2.36. The summed E-state index contributed by atoms with van der Waals surface area (Å²) in [4.78, 5) is 0. The zero-order chi connectivity index (χ0) is 17.5. The Morgan fingerprint density at radius 3 is 2.71 bits per heavy atom. The second-order valence-corrected chi connectivity index (χ2v) is 9.42. The molecule has 1 aliphatic heterocycles. The summed E-state index contributed by atoms with van der Waals surface area (Å²) in [5.41, 5.74) is 2.72. The number of phenolic OH excluding ortho intramolecular Hbond substituents is 1. The number of hydrogen-bond acceptors (Lipinski definition) is 2. The predicted molar refractivity (Wildman–Crippen MR) is 100 cm³/mol. The van der Waals surface area contributed by atoms with Crippen LogP contribution in [-0.4, -0.2) is 11.2 Å². The van der Waals surface area contributed by atoms with E-state index in [0.717, 1.165) is 30.6 Å². The Balaban J connectivity index is 1.85. The molecule has 2 unspecified atom stereocenters. The van der Waals surface area contributed by atoms with E-state index < -0.39 is 0 Å². The fourth-order valence-electron chi connectivity index (χ4n) is 4.57. The molecule has 0 saturated heterocycles. The van der Waals surface area contributed by atoms with Gasteiger partial charge in [0.25, 0.3) is 0 Å². The molecule has 1 aromatic carbocycles. The zero-order valence-electron chi connectivity index (χ0n) is 16.1. The molecule has 1 fully saturated rings. The van der Waals surface area contributed by atoms with Crippen molar-refractivity contribution in [3.63, 3.8) is 0 Å². The zero-order valence-corrected chi connectivity index (χ0v) is 16.1. The summed E-state index contributed by atoms with van der Waals surface area (Å²) in [5, 5.41) is 10.7. The van der Waals surface area contributed by atoms with Gasteiger partial charge in [-0.15, -0.1) is 0 Å². The molecular formula is C22H34O2. The van der Waals surface area contributed by atoms with Crippen molar-refractivity contribution in [3.8, 4) is 11.5 Å². The molecular weight excluding hydrogens is 296 g/mol. The Bertz CT molecular complexity index is 600. The van der Waals surface area contributed by atoms with Crippen LogP contribution in [0.2, 0.25) is 0 Å². The molecule has 0 amide bonds. The molecule has 2 heteroatoms. The van der Waals surface area contributed by atoms with Gasteiger partial charge >= 0.3 is 0 Å². The second-order valence-electron chi connectivity index (χ2n) is 9.42. The van der Waals surface area contributed by atoms with Crippen molar-refractivity contribution < 1.29 is 9.84 Å². The van der Waals surface area contributed by atoms with E-state index in [0.29, 0.717) is 17.1 Å². The number of ether oxygens (including phenoxy) is 1. The van der Waals surface area contributed by atoms with Crippen molar-refractivity contribution >= 4 is 0 Å². The number of hydrogen-bond donors (Lipinski definition) is 1. The third-order valence-electron chi connectivity index (χ3n) is 6.29. The normalized spacial score (nSPS) is 25.0. The average Bonchev–Trinajstić information content (AvgIpc) is 2.83. The highest BCUT2D eigenvalue weighted by molar-refractivity contribution is 5.54. The van der Waals surface area contributed by atoms with Gasteiger partial charge in [0.15, 0.2) is 0 Å². The molecule has 0 spiro atoms. The van der Waals surface area contributed by atoms with Gasteiger partial charge in [-0.25, -0.2) is 0 Å². The van der Waals surface area contributed by atoms with Gasteiger partial charge in [0.05, 0.1) is 0 Å². The van der Waals surface area contributed by atoms with Crippen LogP contribution < -0.4 is 4.74 Å². The van der Waals surface area contributed by atoms with Gasteiger partial charge in [-0.1, -0.05) is 53.9 Å². The standard InChI is InChI=1S/C22H34O2/c1-6-7-8-10-22(4,5)15-12-17(23)20-16-9-11-21(2,3)14-19(16)24-18(20)13-15/h12-13,16,19,23H,6-11,14H2,1-5H3. The maximum absolute atomic E-state index is 10.7. The first-order valence-corrected chi connectivity index (χ1v) is 9.77. The van der Waals surface area contributed by atoms with Gasteiger partial charge in [-0.05, 0) is 54.2 Å². The maximum Gasteiger partial charge on any atom is 0.127 e. The molecule has 1 heterocycles. The van der Waals surface area contributed by atoms with Crippen LogP contribution in [0, 0.1) is 5.41 Å². The highest BCUT2D eigenvalue weighted by atomic mass is 16.5. The summed E-state index contributed by atoms with van der Waals surface area (Å²) < 4.78 is 6.33. The van der Waals surface area contributed by atoms with Crippen molar-refractivity contribution in [1.29, 1.82) is 0 Å². The molecule has 0 radical (unpaired) electrons. The lowest BCUT2D eigenvalue weighted by atomic mass is 9.70. The third-order valence-corrected chi connectivity index (χ3v) is 6.29. The largest absolute Gasteiger partial charge is 0.508 e. The van der Waals surface area contributed by atoms with Crippen molar-refractivity contribution in [2.75, 3.05) is 0 Å². The highest BCUT2D eigenvalue weighted by Gasteiger charge is 2.44. The quantitative estimate of drug-likeness (QED) is 0.641. The van der Waals surface area contributed by atoms with Gasteiger partial charge in [-0.3, -0.25) is 0 Å². The highest BCUT2D eigenvalue weighted by Crippen LogP contribution is 2.54. The molecule has 0 aromatic heterocycles. The number of unbranched alkanes of at least 4 members (excludes halogenated alkanes) is 2. The first kappa shape index (κ1) is 17.6. The van der Waals surface area contributed by atoms with Crippen LogP contribution in [0.3, 0.4) is 0 Å². The molecule has 1 aromatic rings. The van der Waals surface area contributed by atoms with E-state index in [-0.39, 0.29) is 11.5 Å². The van der Waals surface area contributed by atoms with Crippen LogP contribution in [0.25, 0.3) is 0 Å². The molecule has 2 aliphatic rings. The number of benzene rings is 1.